The number of likely N-dealkylation sites (N-methyl/N-ethyl adjacent to an activating group) is 1. The number of phosphoric acid groups is 1. The van der Waals surface area contributed by atoms with Crippen molar-refractivity contribution in [3.63, 3.8) is 0 Å². The van der Waals surface area contributed by atoms with Gasteiger partial charge in [0.15, 0.2) is 0 Å². The Balaban J connectivity index is 4.10. The van der Waals surface area contributed by atoms with Gasteiger partial charge in [-0.3, -0.25) is 9.36 Å². The largest absolute Gasteiger partial charge is 0.756 e. The number of esters is 1. The van der Waals surface area contributed by atoms with Crippen LogP contribution in [0.2, 0.25) is 0 Å². The molecule has 0 saturated heterocycles. The third kappa shape index (κ3) is 43.9. The number of rotatable bonds is 43. The minimum atomic E-state index is -4.52. The Hall–Kier alpha value is -1.02. The molecule has 326 valence electrons. The van der Waals surface area contributed by atoms with Gasteiger partial charge in [0.1, 0.15) is 19.3 Å². The quantitative estimate of drug-likeness (QED) is 0.0199. The Kier molecular flexibility index (Phi) is 39.1. The SMILES string of the molecule is CCCC/C=C\CCCCCCCC(=O)OC(COCCCCCCCCCCCC/C=C\CCCCCCCCCC)COP(=O)([O-])OCC[N+](C)(C)C. The second kappa shape index (κ2) is 39.8. The second-order valence-electron chi connectivity index (χ2n) is 16.8. The number of hydrogen-bond acceptors (Lipinski definition) is 7. The van der Waals surface area contributed by atoms with Gasteiger partial charge in [-0.05, 0) is 57.8 Å². The van der Waals surface area contributed by atoms with Gasteiger partial charge < -0.3 is 27.9 Å². The molecular formula is C46H90NO7P. The summed E-state index contributed by atoms with van der Waals surface area (Å²) in [5.41, 5.74) is 0. The Bertz CT molecular complexity index is 936. The molecule has 0 aromatic heterocycles. The highest BCUT2D eigenvalue weighted by Crippen LogP contribution is 2.38. The Morgan fingerprint density at radius 2 is 0.964 bits per heavy atom. The van der Waals surface area contributed by atoms with Crippen molar-refractivity contribution in [3.05, 3.63) is 24.3 Å². The van der Waals surface area contributed by atoms with Crippen LogP contribution < -0.4 is 4.89 Å². The molecule has 0 amide bonds. The van der Waals surface area contributed by atoms with E-state index in [2.05, 4.69) is 38.2 Å². The molecule has 9 heteroatoms. The van der Waals surface area contributed by atoms with Crippen molar-refractivity contribution in [1.29, 1.82) is 0 Å². The van der Waals surface area contributed by atoms with Gasteiger partial charge in [0.05, 0.1) is 34.4 Å². The zero-order chi connectivity index (χ0) is 40.6. The average Bonchev–Trinajstić information content (AvgIpc) is 3.13. The van der Waals surface area contributed by atoms with Gasteiger partial charge in [-0.15, -0.1) is 0 Å². The molecule has 0 aliphatic rings. The molecule has 0 aromatic rings. The molecular weight excluding hydrogens is 709 g/mol. The topological polar surface area (TPSA) is 94.1 Å². The highest BCUT2D eigenvalue weighted by atomic mass is 31.2. The van der Waals surface area contributed by atoms with Gasteiger partial charge in [-0.2, -0.15) is 0 Å². The van der Waals surface area contributed by atoms with Gasteiger partial charge in [-0.25, -0.2) is 0 Å². The average molecular weight is 800 g/mol. The first kappa shape index (κ1) is 54.0. The summed E-state index contributed by atoms with van der Waals surface area (Å²) in [7, 11) is 1.35. The third-order valence-corrected chi connectivity index (χ3v) is 10.9. The number of carbonyl (C=O) groups excluding carboxylic acids is 1. The second-order valence-corrected chi connectivity index (χ2v) is 18.2. The summed E-state index contributed by atoms with van der Waals surface area (Å²) >= 11 is 0. The summed E-state index contributed by atoms with van der Waals surface area (Å²) in [5.74, 6) is -0.344. The number of nitrogens with zero attached hydrogens (tertiary/aromatic N) is 1. The zero-order valence-electron chi connectivity index (χ0n) is 36.9. The number of allylic oxidation sites excluding steroid dienone is 4. The molecule has 0 aliphatic carbocycles. The van der Waals surface area contributed by atoms with Crippen LogP contribution in [0.3, 0.4) is 0 Å². The van der Waals surface area contributed by atoms with Crippen LogP contribution in [0.4, 0.5) is 0 Å². The molecule has 2 unspecified atom stereocenters. The molecule has 0 radical (unpaired) electrons. The fraction of sp³-hybridized carbons (Fsp3) is 0.891. The minimum absolute atomic E-state index is 0.0255. The number of phosphoric ester groups is 1. The van der Waals surface area contributed by atoms with E-state index in [1.165, 1.54) is 141 Å². The Morgan fingerprint density at radius 3 is 1.44 bits per heavy atom. The van der Waals surface area contributed by atoms with Crippen LogP contribution in [-0.2, 0) is 27.9 Å². The van der Waals surface area contributed by atoms with Crippen LogP contribution in [-0.4, -0.2) is 70.7 Å². The molecule has 0 aromatic carbocycles. The van der Waals surface area contributed by atoms with Crippen LogP contribution >= 0.6 is 7.82 Å². The van der Waals surface area contributed by atoms with E-state index < -0.39 is 13.9 Å². The first-order valence-corrected chi connectivity index (χ1v) is 24.5. The fourth-order valence-corrected chi connectivity index (χ4v) is 7.07. The monoisotopic (exact) mass is 800 g/mol. The van der Waals surface area contributed by atoms with Crippen molar-refractivity contribution >= 4 is 13.8 Å². The van der Waals surface area contributed by atoms with E-state index in [4.69, 9.17) is 18.5 Å². The first-order chi connectivity index (χ1) is 26.6. The van der Waals surface area contributed by atoms with E-state index in [0.717, 1.165) is 44.9 Å². The van der Waals surface area contributed by atoms with Crippen LogP contribution in [0.15, 0.2) is 24.3 Å². The molecule has 0 bridgehead atoms. The number of hydrogen-bond donors (Lipinski definition) is 0. The standard InChI is InChI=1S/C46H90NO7P/c1-6-8-10-12-14-16-18-19-20-21-22-23-24-25-26-27-28-30-32-34-36-38-41-51-43-45(44-53-55(49,50)52-42-40-47(3,4)5)54-46(48)39-37-35-33-31-29-17-15-13-11-9-7-2/h13,15,21-22,45H,6-12,14,16-20,23-44H2,1-5H3/b15-13-,22-21-. The lowest BCUT2D eigenvalue weighted by Gasteiger charge is -2.28. The summed E-state index contributed by atoms with van der Waals surface area (Å²) in [4.78, 5) is 25.0. The molecule has 0 saturated carbocycles. The summed E-state index contributed by atoms with van der Waals surface area (Å²) in [5, 5.41) is 0. The van der Waals surface area contributed by atoms with Crippen molar-refractivity contribution in [2.75, 3.05) is 54.1 Å². The van der Waals surface area contributed by atoms with Gasteiger partial charge in [0, 0.05) is 13.0 Å². The zero-order valence-corrected chi connectivity index (χ0v) is 37.8. The van der Waals surface area contributed by atoms with Crippen molar-refractivity contribution in [3.8, 4) is 0 Å². The van der Waals surface area contributed by atoms with Gasteiger partial charge in [0.25, 0.3) is 7.82 Å². The third-order valence-electron chi connectivity index (χ3n) is 9.98. The molecule has 55 heavy (non-hydrogen) atoms. The number of unbranched alkanes of at least 4 members (excludes halogenated alkanes) is 25. The van der Waals surface area contributed by atoms with Crippen LogP contribution in [0.1, 0.15) is 206 Å². The van der Waals surface area contributed by atoms with Crippen LogP contribution in [0, 0.1) is 0 Å². The van der Waals surface area contributed by atoms with Crippen molar-refractivity contribution in [2.24, 2.45) is 0 Å². The molecule has 0 heterocycles. The predicted octanol–water partition coefficient (Wildman–Crippen LogP) is 13.0. The summed E-state index contributed by atoms with van der Waals surface area (Å²) < 4.78 is 34.6. The number of quaternary nitrogens is 1. The van der Waals surface area contributed by atoms with Crippen molar-refractivity contribution < 1.29 is 37.3 Å². The Labute approximate surface area is 341 Å². The summed E-state index contributed by atoms with van der Waals surface area (Å²) in [6.45, 7) is 5.38. The van der Waals surface area contributed by atoms with E-state index in [-0.39, 0.29) is 25.8 Å². The molecule has 0 rings (SSSR count). The van der Waals surface area contributed by atoms with E-state index in [0.29, 0.717) is 24.1 Å². The number of ether oxygens (including phenoxy) is 2. The maximum Gasteiger partial charge on any atom is 0.306 e. The van der Waals surface area contributed by atoms with E-state index in [1.54, 1.807) is 0 Å². The maximum atomic E-state index is 12.6. The highest BCUT2D eigenvalue weighted by molar-refractivity contribution is 7.45. The number of carbonyl (C=O) groups is 1. The molecule has 0 aliphatic heterocycles. The fourth-order valence-electron chi connectivity index (χ4n) is 6.35. The lowest BCUT2D eigenvalue weighted by molar-refractivity contribution is -0.870. The first-order valence-electron chi connectivity index (χ1n) is 23.1. The lowest BCUT2D eigenvalue weighted by Crippen LogP contribution is -2.37. The molecule has 0 N–H and O–H groups in total. The van der Waals surface area contributed by atoms with Gasteiger partial charge in [-0.1, -0.05) is 167 Å². The molecule has 0 spiro atoms. The van der Waals surface area contributed by atoms with E-state index in [1.807, 2.05) is 21.1 Å². The van der Waals surface area contributed by atoms with Crippen molar-refractivity contribution in [1.82, 2.24) is 0 Å². The van der Waals surface area contributed by atoms with Crippen molar-refractivity contribution in [2.45, 2.75) is 213 Å². The van der Waals surface area contributed by atoms with Gasteiger partial charge in [0.2, 0.25) is 0 Å². The van der Waals surface area contributed by atoms with E-state index in [9.17, 15) is 14.3 Å². The summed E-state index contributed by atoms with van der Waals surface area (Å²) in [6.07, 6.45) is 44.9. The maximum absolute atomic E-state index is 12.6. The predicted molar refractivity (Wildman–Crippen MR) is 231 cm³/mol. The molecule has 2 atom stereocenters. The normalized spacial score (nSPS) is 13.9. The summed E-state index contributed by atoms with van der Waals surface area (Å²) in [6, 6.07) is 0. The van der Waals surface area contributed by atoms with Crippen LogP contribution in [0.25, 0.3) is 0 Å². The highest BCUT2D eigenvalue weighted by Gasteiger charge is 2.20. The van der Waals surface area contributed by atoms with Gasteiger partial charge >= 0.3 is 5.97 Å². The smallest absolute Gasteiger partial charge is 0.306 e. The lowest BCUT2D eigenvalue weighted by atomic mass is 10.1. The molecule has 0 fully saturated rings. The Morgan fingerprint density at radius 1 is 0.545 bits per heavy atom. The molecule has 8 nitrogen and oxygen atoms in total. The minimum Gasteiger partial charge on any atom is -0.756 e. The van der Waals surface area contributed by atoms with E-state index >= 15 is 0 Å². The van der Waals surface area contributed by atoms with Crippen LogP contribution in [0.5, 0.6) is 0 Å².